The number of carbonyl (C=O) groups excluding carboxylic acids is 6. The van der Waals surface area contributed by atoms with Gasteiger partial charge in [0.05, 0.1) is 11.7 Å². The molecule has 0 aromatic rings. The van der Waals surface area contributed by atoms with Crippen LogP contribution in [0.1, 0.15) is 171 Å². The van der Waals surface area contributed by atoms with Crippen LogP contribution in [0.3, 0.4) is 0 Å². The zero-order chi connectivity index (χ0) is 38.3. The largest absolute Gasteiger partial charge is 0.480 e. The first-order valence-electron chi connectivity index (χ1n) is 19.0. The maximum atomic E-state index is 13.7. The van der Waals surface area contributed by atoms with Gasteiger partial charge in [0.15, 0.2) is 5.78 Å². The average Bonchev–Trinajstić information content (AvgIpc) is 3.00. The summed E-state index contributed by atoms with van der Waals surface area (Å²) in [5, 5.41) is 14.6. The van der Waals surface area contributed by atoms with Crippen LogP contribution in [0.5, 0.6) is 0 Å². The highest BCUT2D eigenvalue weighted by Gasteiger charge is 2.35. The maximum absolute atomic E-state index is 13.7. The lowest BCUT2D eigenvalue weighted by molar-refractivity contribution is -0.144. The van der Waals surface area contributed by atoms with E-state index in [1.165, 1.54) is 39.5 Å². The third-order valence-electron chi connectivity index (χ3n) is 8.69. The number of rotatable bonds is 30. The zero-order valence-electron chi connectivity index (χ0n) is 32.3. The van der Waals surface area contributed by atoms with E-state index in [1.807, 2.05) is 27.7 Å². The molecule has 0 aromatic carbocycles. The molecule has 0 saturated carbocycles. The fraction of sp³-hybridized carbons (Fsp3) is 0.821. The predicted molar refractivity (Wildman–Crippen MR) is 195 cm³/mol. The molecule has 0 aliphatic rings. The number of carbonyl (C=O) groups is 7. The van der Waals surface area contributed by atoms with E-state index in [-0.39, 0.29) is 37.2 Å². The SMILES string of the molecule is CCCCCCCCCC(=O)CCCC(=O)C[C@@H](CCCCC)C(=O)N[C@H](C(=O)C[C@@H](C)C(=O)N[C@@H](CC(C)=O)C(=O)O)[C@@H](C)OC(C)(C)C. The van der Waals surface area contributed by atoms with Crippen molar-refractivity contribution in [3.8, 4) is 0 Å². The molecular weight excluding hydrogens is 640 g/mol. The quantitative estimate of drug-likeness (QED) is 0.0674. The van der Waals surface area contributed by atoms with E-state index in [4.69, 9.17) is 4.74 Å². The number of aliphatic carboxylic acids is 1. The number of nitrogens with one attached hydrogen (secondary N) is 2. The number of hydrogen-bond donors (Lipinski definition) is 3. The summed E-state index contributed by atoms with van der Waals surface area (Å²) in [6.07, 6.45) is 11.0. The fourth-order valence-electron chi connectivity index (χ4n) is 5.91. The highest BCUT2D eigenvalue weighted by molar-refractivity contribution is 5.95. The summed E-state index contributed by atoms with van der Waals surface area (Å²) in [6, 6.07) is -2.54. The van der Waals surface area contributed by atoms with Gasteiger partial charge in [0.2, 0.25) is 11.8 Å². The van der Waals surface area contributed by atoms with Gasteiger partial charge in [0.1, 0.15) is 29.4 Å². The third-order valence-corrected chi connectivity index (χ3v) is 8.69. The zero-order valence-corrected chi connectivity index (χ0v) is 32.3. The summed E-state index contributed by atoms with van der Waals surface area (Å²) in [7, 11) is 0. The van der Waals surface area contributed by atoms with Crippen molar-refractivity contribution in [3.63, 3.8) is 0 Å². The molecule has 5 atom stereocenters. The lowest BCUT2D eigenvalue weighted by atomic mass is 9.91. The molecule has 0 aliphatic heterocycles. The molecule has 0 heterocycles. The number of amides is 2. The molecule has 0 radical (unpaired) electrons. The molecule has 3 N–H and O–H groups in total. The first kappa shape index (κ1) is 47.0. The van der Waals surface area contributed by atoms with Crippen LogP contribution in [0.2, 0.25) is 0 Å². The van der Waals surface area contributed by atoms with Gasteiger partial charge in [-0.15, -0.1) is 0 Å². The Morgan fingerprint density at radius 1 is 0.660 bits per heavy atom. The fourth-order valence-corrected chi connectivity index (χ4v) is 5.91. The first-order valence-corrected chi connectivity index (χ1v) is 19.0. The Morgan fingerprint density at radius 2 is 1.20 bits per heavy atom. The predicted octanol–water partition coefficient (Wildman–Crippen LogP) is 6.85. The van der Waals surface area contributed by atoms with E-state index in [0.717, 1.165) is 38.5 Å². The summed E-state index contributed by atoms with van der Waals surface area (Å²) < 4.78 is 6.05. The minimum atomic E-state index is -1.42. The molecule has 11 nitrogen and oxygen atoms in total. The van der Waals surface area contributed by atoms with E-state index in [1.54, 1.807) is 6.92 Å². The van der Waals surface area contributed by atoms with Crippen molar-refractivity contribution in [2.24, 2.45) is 11.8 Å². The van der Waals surface area contributed by atoms with Crippen LogP contribution in [0, 0.1) is 11.8 Å². The Labute approximate surface area is 301 Å². The second-order valence-electron chi connectivity index (χ2n) is 15.0. The molecule has 0 rings (SSSR count). The van der Waals surface area contributed by atoms with Gasteiger partial charge in [-0.25, -0.2) is 4.79 Å². The molecule has 2 amide bonds. The highest BCUT2D eigenvalue weighted by Crippen LogP contribution is 2.21. The summed E-state index contributed by atoms with van der Waals surface area (Å²) in [6.45, 7) is 14.0. The van der Waals surface area contributed by atoms with Crippen LogP contribution in [0.4, 0.5) is 0 Å². The normalized spacial score (nSPS) is 14.6. The van der Waals surface area contributed by atoms with Crippen LogP contribution >= 0.6 is 0 Å². The van der Waals surface area contributed by atoms with E-state index in [0.29, 0.717) is 25.7 Å². The lowest BCUT2D eigenvalue weighted by Crippen LogP contribution is -2.53. The highest BCUT2D eigenvalue weighted by atomic mass is 16.5. The number of Topliss-reactive ketones (excluding diaryl/α,β-unsaturated/α-hetero) is 4. The molecule has 0 aliphatic carbocycles. The number of carboxylic acid groups (broad SMARTS) is 1. The summed E-state index contributed by atoms with van der Waals surface area (Å²) in [5.41, 5.74) is -0.657. The van der Waals surface area contributed by atoms with Gasteiger partial charge >= 0.3 is 5.97 Å². The topological polar surface area (TPSA) is 173 Å². The van der Waals surface area contributed by atoms with E-state index in [9.17, 15) is 38.7 Å². The minimum absolute atomic E-state index is 0.00243. The maximum Gasteiger partial charge on any atom is 0.326 e. The Morgan fingerprint density at radius 3 is 1.76 bits per heavy atom. The smallest absolute Gasteiger partial charge is 0.326 e. The number of hydrogen-bond acceptors (Lipinski definition) is 8. The second kappa shape index (κ2) is 25.9. The van der Waals surface area contributed by atoms with Crippen molar-refractivity contribution in [1.82, 2.24) is 10.6 Å². The summed E-state index contributed by atoms with van der Waals surface area (Å²) in [5.74, 6) is -4.95. The van der Waals surface area contributed by atoms with E-state index in [2.05, 4.69) is 17.6 Å². The molecule has 0 spiro atoms. The third kappa shape index (κ3) is 22.7. The molecule has 0 bridgehead atoms. The van der Waals surface area contributed by atoms with Crippen LogP contribution in [-0.4, -0.2) is 69.8 Å². The van der Waals surface area contributed by atoms with Crippen molar-refractivity contribution in [2.75, 3.05) is 0 Å². The standard InChI is InChI=1S/C39H68N2O9/c1-9-11-13-14-15-16-18-21-31(43)22-19-23-32(44)26-30(20-17-12-10-2)37(47)41-35(29(5)50-39(6,7)8)34(45)24-27(3)36(46)40-33(38(48)49)25-28(4)42/h27,29-30,33,35H,9-26H2,1-8H3,(H,40,46)(H,41,47)(H,48,49)/t27-,29-,30-,33+,35+/m1/s1. The number of unbranched alkanes of at least 4 members (excludes halogenated alkanes) is 8. The molecule has 0 saturated heterocycles. The molecule has 0 aromatic heterocycles. The average molecular weight is 709 g/mol. The van der Waals surface area contributed by atoms with Gasteiger partial charge in [0, 0.05) is 50.4 Å². The van der Waals surface area contributed by atoms with Crippen molar-refractivity contribution < 1.29 is 43.4 Å². The van der Waals surface area contributed by atoms with Crippen LogP contribution in [0.25, 0.3) is 0 Å². The van der Waals surface area contributed by atoms with Gasteiger partial charge in [-0.3, -0.25) is 28.8 Å². The summed E-state index contributed by atoms with van der Waals surface area (Å²) >= 11 is 0. The van der Waals surface area contributed by atoms with Gasteiger partial charge < -0.3 is 20.5 Å². The second-order valence-corrected chi connectivity index (χ2v) is 15.0. The van der Waals surface area contributed by atoms with E-state index < -0.39 is 65.0 Å². The van der Waals surface area contributed by atoms with Crippen molar-refractivity contribution in [2.45, 2.75) is 195 Å². The van der Waals surface area contributed by atoms with Crippen LogP contribution in [0.15, 0.2) is 0 Å². The molecule has 0 unspecified atom stereocenters. The Kier molecular flexibility index (Phi) is 24.4. The summed E-state index contributed by atoms with van der Waals surface area (Å²) in [4.78, 5) is 88.6. The number of ketones is 4. The molecule has 50 heavy (non-hydrogen) atoms. The monoisotopic (exact) mass is 708 g/mol. The van der Waals surface area contributed by atoms with E-state index >= 15 is 0 Å². The number of ether oxygens (including phenoxy) is 1. The van der Waals surface area contributed by atoms with Crippen molar-refractivity contribution >= 4 is 40.9 Å². The van der Waals surface area contributed by atoms with Gasteiger partial charge in [0.25, 0.3) is 0 Å². The van der Waals surface area contributed by atoms with Crippen LogP contribution in [-0.2, 0) is 38.3 Å². The molecular formula is C39H68N2O9. The van der Waals surface area contributed by atoms with Gasteiger partial charge in [-0.1, -0.05) is 78.6 Å². The van der Waals surface area contributed by atoms with Crippen LogP contribution < -0.4 is 10.6 Å². The minimum Gasteiger partial charge on any atom is -0.480 e. The lowest BCUT2D eigenvalue weighted by Gasteiger charge is -2.32. The molecule has 0 fully saturated rings. The van der Waals surface area contributed by atoms with Gasteiger partial charge in [-0.05, 0) is 53.9 Å². The Bertz CT molecular complexity index is 1080. The Hall–Kier alpha value is -2.95. The Balaban J connectivity index is 5.50. The van der Waals surface area contributed by atoms with Crippen molar-refractivity contribution in [1.29, 1.82) is 0 Å². The first-order chi connectivity index (χ1) is 23.4. The van der Waals surface area contributed by atoms with Gasteiger partial charge in [-0.2, -0.15) is 0 Å². The molecule has 11 heteroatoms. The number of carboxylic acids is 1. The molecule has 288 valence electrons. The van der Waals surface area contributed by atoms with Crippen molar-refractivity contribution in [3.05, 3.63) is 0 Å².